The number of hydrogen-bond donors (Lipinski definition) is 4. The third-order valence-corrected chi connectivity index (χ3v) is 4.69. The predicted octanol–water partition coefficient (Wildman–Crippen LogP) is -0.161. The molecule has 0 spiro atoms. The summed E-state index contributed by atoms with van der Waals surface area (Å²) in [5.74, 6) is -0.926. The number of nitrogens with zero attached hydrogens (tertiary/aromatic N) is 3. The van der Waals surface area contributed by atoms with E-state index >= 15 is 0 Å². The highest BCUT2D eigenvalue weighted by molar-refractivity contribution is 5.92. The fourth-order valence-electron chi connectivity index (χ4n) is 2.17. The second-order valence-corrected chi connectivity index (χ2v) is 8.91. The summed E-state index contributed by atoms with van der Waals surface area (Å²) in [7, 11) is 0. The lowest BCUT2D eigenvalue weighted by molar-refractivity contribution is -0.130. The van der Waals surface area contributed by atoms with E-state index in [2.05, 4.69) is 31.6 Å². The summed E-state index contributed by atoms with van der Waals surface area (Å²) in [5, 5.41) is 18.3. The molecule has 11 nitrogen and oxygen atoms in total. The van der Waals surface area contributed by atoms with Gasteiger partial charge in [0.2, 0.25) is 17.7 Å². The van der Waals surface area contributed by atoms with Gasteiger partial charge in [-0.05, 0) is 6.42 Å². The number of nitrogens with one attached hydrogen (secondary N) is 4. The Morgan fingerprint density at radius 1 is 0.871 bits per heavy atom. The summed E-state index contributed by atoms with van der Waals surface area (Å²) in [4.78, 5) is 47.8. The molecular weight excluding hydrogens is 402 g/mol. The average molecular weight is 438 g/mol. The number of hydrogen-bond acceptors (Lipinski definition) is 6. The van der Waals surface area contributed by atoms with Crippen LogP contribution < -0.4 is 21.3 Å². The first-order chi connectivity index (χ1) is 14.4. The average Bonchev–Trinajstić information content (AvgIpc) is 3.15. The minimum absolute atomic E-state index is 0.0610. The van der Waals surface area contributed by atoms with E-state index in [1.165, 1.54) is 10.9 Å². The highest BCUT2D eigenvalue weighted by atomic mass is 16.2. The molecule has 4 N–H and O–H groups in total. The largest absolute Gasteiger partial charge is 0.354 e. The second kappa shape index (κ2) is 11.4. The van der Waals surface area contributed by atoms with Crippen molar-refractivity contribution in [3.63, 3.8) is 0 Å². The molecule has 0 radical (unpaired) electrons. The molecule has 1 heterocycles. The Labute approximate surface area is 183 Å². The molecule has 0 aliphatic carbocycles. The van der Waals surface area contributed by atoms with Crippen molar-refractivity contribution in [3.05, 3.63) is 11.9 Å². The number of amides is 4. The normalized spacial score (nSPS) is 11.5. The minimum Gasteiger partial charge on any atom is -0.354 e. The third-order valence-electron chi connectivity index (χ3n) is 4.69. The fraction of sp³-hybridized carbons (Fsp3) is 0.700. The molecule has 0 unspecified atom stereocenters. The Morgan fingerprint density at radius 3 is 2.00 bits per heavy atom. The highest BCUT2D eigenvalue weighted by Gasteiger charge is 2.24. The van der Waals surface area contributed by atoms with E-state index in [9.17, 15) is 19.2 Å². The van der Waals surface area contributed by atoms with Crippen molar-refractivity contribution >= 4 is 23.6 Å². The van der Waals surface area contributed by atoms with Crippen molar-refractivity contribution in [2.45, 2.75) is 54.5 Å². The molecule has 0 saturated carbocycles. The zero-order chi connectivity index (χ0) is 23.7. The Bertz CT molecular complexity index is 781. The SMILES string of the molecule is CCC(C)(C)C(=O)NCCNC(=O)Cn1cc(C(=O)NCCNC(=O)C(C)(C)C)nn1. The molecule has 1 rings (SSSR count). The molecule has 31 heavy (non-hydrogen) atoms. The van der Waals surface area contributed by atoms with Gasteiger partial charge in [0, 0.05) is 37.0 Å². The van der Waals surface area contributed by atoms with E-state index < -0.39 is 16.7 Å². The van der Waals surface area contributed by atoms with Gasteiger partial charge in [0.1, 0.15) is 6.54 Å². The van der Waals surface area contributed by atoms with Crippen LogP contribution in [0.3, 0.4) is 0 Å². The van der Waals surface area contributed by atoms with E-state index in [4.69, 9.17) is 0 Å². The molecule has 174 valence electrons. The molecule has 0 aliphatic heterocycles. The summed E-state index contributed by atoms with van der Waals surface area (Å²) in [5.41, 5.74) is -0.866. The fourth-order valence-corrected chi connectivity index (χ4v) is 2.17. The van der Waals surface area contributed by atoms with E-state index in [1.807, 2.05) is 20.8 Å². The van der Waals surface area contributed by atoms with E-state index in [0.29, 0.717) is 13.1 Å². The Balaban J connectivity index is 2.32. The summed E-state index contributed by atoms with van der Waals surface area (Å²) in [6, 6.07) is 0. The van der Waals surface area contributed by atoms with Crippen LogP contribution in [0.2, 0.25) is 0 Å². The van der Waals surface area contributed by atoms with Crippen LogP contribution in [-0.2, 0) is 20.9 Å². The molecule has 0 fully saturated rings. The van der Waals surface area contributed by atoms with Gasteiger partial charge in [-0.2, -0.15) is 0 Å². The van der Waals surface area contributed by atoms with Crippen LogP contribution in [0.15, 0.2) is 6.20 Å². The number of aromatic nitrogens is 3. The molecule has 0 aromatic carbocycles. The molecule has 0 saturated heterocycles. The van der Waals surface area contributed by atoms with Gasteiger partial charge in [-0.1, -0.05) is 46.8 Å². The first kappa shape index (κ1) is 26.1. The van der Waals surface area contributed by atoms with E-state index in [1.54, 1.807) is 20.8 Å². The predicted molar refractivity (Wildman–Crippen MR) is 115 cm³/mol. The molecular formula is C20H35N7O4. The second-order valence-electron chi connectivity index (χ2n) is 8.91. The molecule has 1 aromatic heterocycles. The van der Waals surface area contributed by atoms with E-state index in [-0.39, 0.29) is 43.0 Å². The lowest BCUT2D eigenvalue weighted by Gasteiger charge is -2.21. The summed E-state index contributed by atoms with van der Waals surface area (Å²) in [6.45, 7) is 12.1. The number of carbonyl (C=O) groups is 4. The van der Waals surface area contributed by atoms with Gasteiger partial charge in [-0.15, -0.1) is 5.10 Å². The van der Waals surface area contributed by atoms with Crippen LogP contribution in [-0.4, -0.2) is 64.8 Å². The Hall–Kier alpha value is -2.98. The van der Waals surface area contributed by atoms with Gasteiger partial charge < -0.3 is 21.3 Å². The highest BCUT2D eigenvalue weighted by Crippen LogP contribution is 2.18. The van der Waals surface area contributed by atoms with Crippen molar-refractivity contribution in [1.82, 2.24) is 36.3 Å². The first-order valence-corrected chi connectivity index (χ1v) is 10.4. The molecule has 11 heteroatoms. The van der Waals surface area contributed by atoms with Crippen LogP contribution >= 0.6 is 0 Å². The monoisotopic (exact) mass is 437 g/mol. The van der Waals surface area contributed by atoms with Gasteiger partial charge in [-0.25, -0.2) is 4.68 Å². The van der Waals surface area contributed by atoms with Gasteiger partial charge in [-0.3, -0.25) is 19.2 Å². The smallest absolute Gasteiger partial charge is 0.273 e. The zero-order valence-corrected chi connectivity index (χ0v) is 19.3. The zero-order valence-electron chi connectivity index (χ0n) is 19.3. The van der Waals surface area contributed by atoms with E-state index in [0.717, 1.165) is 6.42 Å². The van der Waals surface area contributed by atoms with Crippen molar-refractivity contribution in [2.24, 2.45) is 10.8 Å². The van der Waals surface area contributed by atoms with Gasteiger partial charge >= 0.3 is 0 Å². The molecule has 1 aromatic rings. The van der Waals surface area contributed by atoms with Gasteiger partial charge in [0.25, 0.3) is 5.91 Å². The van der Waals surface area contributed by atoms with Crippen LogP contribution in [0.5, 0.6) is 0 Å². The quantitative estimate of drug-likeness (QED) is 0.354. The van der Waals surface area contributed by atoms with Gasteiger partial charge in [0.15, 0.2) is 5.69 Å². The van der Waals surface area contributed by atoms with Crippen molar-refractivity contribution < 1.29 is 19.2 Å². The molecule has 4 amide bonds. The Morgan fingerprint density at radius 2 is 1.42 bits per heavy atom. The first-order valence-electron chi connectivity index (χ1n) is 10.4. The van der Waals surface area contributed by atoms with Crippen molar-refractivity contribution in [1.29, 1.82) is 0 Å². The van der Waals surface area contributed by atoms with Crippen LogP contribution in [0.1, 0.15) is 58.5 Å². The van der Waals surface area contributed by atoms with Crippen LogP contribution in [0.4, 0.5) is 0 Å². The molecule has 0 bridgehead atoms. The van der Waals surface area contributed by atoms with Crippen molar-refractivity contribution in [2.75, 3.05) is 26.2 Å². The lowest BCUT2D eigenvalue weighted by Crippen LogP contribution is -2.41. The maximum absolute atomic E-state index is 12.1. The number of carbonyl (C=O) groups excluding carboxylic acids is 4. The minimum atomic E-state index is -0.495. The van der Waals surface area contributed by atoms with Crippen LogP contribution in [0, 0.1) is 10.8 Å². The Kier molecular flexibility index (Phi) is 9.60. The lowest BCUT2D eigenvalue weighted by atomic mass is 9.89. The summed E-state index contributed by atoms with van der Waals surface area (Å²) < 4.78 is 1.25. The summed E-state index contributed by atoms with van der Waals surface area (Å²) in [6.07, 6.45) is 2.09. The van der Waals surface area contributed by atoms with Crippen LogP contribution in [0.25, 0.3) is 0 Å². The van der Waals surface area contributed by atoms with Crippen molar-refractivity contribution in [3.8, 4) is 0 Å². The maximum Gasteiger partial charge on any atom is 0.273 e. The van der Waals surface area contributed by atoms with Gasteiger partial charge in [0.05, 0.1) is 6.20 Å². The summed E-state index contributed by atoms with van der Waals surface area (Å²) >= 11 is 0. The topological polar surface area (TPSA) is 147 Å². The molecule has 0 aliphatic rings. The standard InChI is InChI=1S/C20H35N7O4/c1-7-20(5,6)18(31)24-10-8-21-15(28)13-27-12-14(25-26-27)16(29)22-9-11-23-17(30)19(2,3)4/h12H,7-11,13H2,1-6H3,(H,21,28)(H,22,29)(H,23,30)(H,24,31). The molecule has 0 atom stereocenters. The maximum atomic E-state index is 12.1. The third kappa shape index (κ3) is 9.14. The number of rotatable bonds is 11.